The molecule has 128 valence electrons. The van der Waals surface area contributed by atoms with Gasteiger partial charge in [0.15, 0.2) is 11.5 Å². The van der Waals surface area contributed by atoms with Crippen molar-refractivity contribution >= 4 is 5.91 Å². The van der Waals surface area contributed by atoms with Crippen LogP contribution >= 0.6 is 0 Å². The molecule has 2 rings (SSSR count). The molecule has 1 saturated heterocycles. The van der Waals surface area contributed by atoms with Crippen LogP contribution in [0.3, 0.4) is 0 Å². The van der Waals surface area contributed by atoms with Crippen molar-refractivity contribution in [3.63, 3.8) is 0 Å². The van der Waals surface area contributed by atoms with Gasteiger partial charge in [-0.2, -0.15) is 8.78 Å². The Morgan fingerprint density at radius 2 is 2.22 bits per heavy atom. The van der Waals surface area contributed by atoms with Gasteiger partial charge in [-0.15, -0.1) is 0 Å². The molecule has 0 saturated carbocycles. The third-order valence-corrected chi connectivity index (χ3v) is 3.62. The van der Waals surface area contributed by atoms with E-state index in [0.29, 0.717) is 13.2 Å². The van der Waals surface area contributed by atoms with E-state index in [-0.39, 0.29) is 23.4 Å². The summed E-state index contributed by atoms with van der Waals surface area (Å²) in [4.78, 5) is 12.1. The van der Waals surface area contributed by atoms with Crippen molar-refractivity contribution in [2.45, 2.75) is 45.4 Å². The fourth-order valence-electron chi connectivity index (χ4n) is 2.51. The molecular weight excluding hydrogens is 306 g/mol. The van der Waals surface area contributed by atoms with Gasteiger partial charge in [-0.25, -0.2) is 0 Å². The second-order valence-corrected chi connectivity index (χ2v) is 5.31. The topological polar surface area (TPSA) is 59.6 Å². The lowest BCUT2D eigenvalue weighted by molar-refractivity contribution is -0.123. The average molecular weight is 328 g/mol. The number of carbonyl (C=O) groups excluding carboxylic acids is 1. The number of halogens is 2. The van der Waals surface area contributed by atoms with Gasteiger partial charge in [-0.05, 0) is 44.0 Å². The van der Waals surface area contributed by atoms with Crippen LogP contribution in [-0.4, -0.2) is 31.7 Å². The predicted molar refractivity (Wildman–Crippen MR) is 81.7 cm³/mol. The normalized spacial score (nSPS) is 17.8. The van der Waals surface area contributed by atoms with Gasteiger partial charge < -0.3 is 20.1 Å². The maximum Gasteiger partial charge on any atom is 0.387 e. The first-order valence-corrected chi connectivity index (χ1v) is 7.81. The molecule has 0 bridgehead atoms. The second kappa shape index (κ2) is 8.67. The third kappa shape index (κ3) is 5.35. The molecule has 1 heterocycles. The summed E-state index contributed by atoms with van der Waals surface area (Å²) in [6, 6.07) is 4.51. The van der Waals surface area contributed by atoms with Crippen molar-refractivity contribution in [1.29, 1.82) is 0 Å². The van der Waals surface area contributed by atoms with Crippen LogP contribution in [0.5, 0.6) is 11.5 Å². The Bertz CT molecular complexity index is 520. The highest BCUT2D eigenvalue weighted by Gasteiger charge is 2.20. The van der Waals surface area contributed by atoms with Crippen molar-refractivity contribution in [1.82, 2.24) is 10.6 Å². The quantitative estimate of drug-likeness (QED) is 0.807. The molecule has 5 nitrogen and oxygen atoms in total. The molecule has 0 aromatic heterocycles. The minimum Gasteiger partial charge on any atom is -0.490 e. The minimum absolute atomic E-state index is 0.00845. The Morgan fingerprint density at radius 1 is 1.39 bits per heavy atom. The summed E-state index contributed by atoms with van der Waals surface area (Å²) in [6.45, 7) is 0.354. The Kier molecular flexibility index (Phi) is 6.58. The number of hydrogen-bond donors (Lipinski definition) is 2. The van der Waals surface area contributed by atoms with Gasteiger partial charge in [0.05, 0.1) is 12.6 Å². The largest absolute Gasteiger partial charge is 0.490 e. The van der Waals surface area contributed by atoms with Crippen LogP contribution in [0.1, 0.15) is 31.7 Å². The summed E-state index contributed by atoms with van der Waals surface area (Å²) in [5.41, 5.74) is 0.763. The first-order chi connectivity index (χ1) is 11.1. The number of rotatable bonds is 7. The summed E-state index contributed by atoms with van der Waals surface area (Å²) in [5.74, 6) is 0.191. The average Bonchev–Trinajstić information content (AvgIpc) is 2.55. The van der Waals surface area contributed by atoms with Crippen LogP contribution < -0.4 is 20.1 Å². The van der Waals surface area contributed by atoms with Gasteiger partial charge in [-0.1, -0.05) is 12.5 Å². The molecule has 0 radical (unpaired) electrons. The number of nitrogens with one attached hydrogen (secondary N) is 2. The molecule has 7 heteroatoms. The minimum atomic E-state index is -2.91. The molecule has 0 aliphatic carbocycles. The van der Waals surface area contributed by atoms with Crippen LogP contribution in [0, 0.1) is 0 Å². The lowest BCUT2D eigenvalue weighted by Crippen LogP contribution is -2.46. The number of hydrogen-bond acceptors (Lipinski definition) is 4. The van der Waals surface area contributed by atoms with Gasteiger partial charge in [0, 0.05) is 6.54 Å². The van der Waals surface area contributed by atoms with Crippen LogP contribution in [0.15, 0.2) is 18.2 Å². The number of piperidine rings is 1. The summed E-state index contributed by atoms with van der Waals surface area (Å²) in [7, 11) is 0. The van der Waals surface area contributed by atoms with E-state index in [1.165, 1.54) is 6.07 Å². The van der Waals surface area contributed by atoms with Crippen molar-refractivity contribution in [2.75, 3.05) is 13.2 Å². The summed E-state index contributed by atoms with van der Waals surface area (Å²) >= 11 is 0. The highest BCUT2D eigenvalue weighted by atomic mass is 19.3. The van der Waals surface area contributed by atoms with E-state index in [1.807, 2.05) is 0 Å². The van der Waals surface area contributed by atoms with E-state index in [2.05, 4.69) is 15.4 Å². The molecule has 23 heavy (non-hydrogen) atoms. The molecule has 1 aromatic rings. The van der Waals surface area contributed by atoms with Crippen LogP contribution in [0.4, 0.5) is 8.78 Å². The molecule has 1 unspecified atom stereocenters. The molecule has 1 aliphatic heterocycles. The monoisotopic (exact) mass is 328 g/mol. The molecule has 1 aliphatic rings. The van der Waals surface area contributed by atoms with E-state index in [0.717, 1.165) is 31.4 Å². The van der Waals surface area contributed by atoms with Crippen molar-refractivity contribution < 1.29 is 23.0 Å². The molecular formula is C16H22F2N2O3. The maximum atomic E-state index is 12.4. The Labute approximate surface area is 134 Å². The smallest absolute Gasteiger partial charge is 0.387 e. The van der Waals surface area contributed by atoms with Crippen molar-refractivity contribution in [3.8, 4) is 11.5 Å². The molecule has 0 spiro atoms. The summed E-state index contributed by atoms with van der Waals surface area (Å²) in [5, 5.41) is 6.03. The SMILES string of the molecule is CCOc1cc(CNC(=O)C2CCCCN2)ccc1OC(F)F. The van der Waals surface area contributed by atoms with Gasteiger partial charge in [0.1, 0.15) is 0 Å². The Morgan fingerprint density at radius 3 is 2.87 bits per heavy atom. The van der Waals surface area contributed by atoms with Crippen LogP contribution in [0.2, 0.25) is 0 Å². The number of benzene rings is 1. The Hall–Kier alpha value is -1.89. The van der Waals surface area contributed by atoms with Crippen LogP contribution in [0.25, 0.3) is 0 Å². The van der Waals surface area contributed by atoms with E-state index in [9.17, 15) is 13.6 Å². The second-order valence-electron chi connectivity index (χ2n) is 5.31. The van der Waals surface area contributed by atoms with Gasteiger partial charge in [0.25, 0.3) is 0 Å². The molecule has 1 fully saturated rings. The summed E-state index contributed by atoms with van der Waals surface area (Å²) < 4.78 is 34.5. The number of carbonyl (C=O) groups is 1. The predicted octanol–water partition coefficient (Wildman–Crippen LogP) is 2.45. The third-order valence-electron chi connectivity index (χ3n) is 3.62. The number of ether oxygens (including phenoxy) is 2. The zero-order valence-electron chi connectivity index (χ0n) is 13.1. The zero-order valence-corrected chi connectivity index (χ0v) is 13.1. The fourth-order valence-corrected chi connectivity index (χ4v) is 2.51. The summed E-state index contributed by atoms with van der Waals surface area (Å²) in [6.07, 6.45) is 2.96. The lowest BCUT2D eigenvalue weighted by Gasteiger charge is -2.22. The van der Waals surface area contributed by atoms with Gasteiger partial charge >= 0.3 is 6.61 Å². The Balaban J connectivity index is 1.96. The zero-order chi connectivity index (χ0) is 16.7. The molecule has 1 amide bonds. The van der Waals surface area contributed by atoms with Gasteiger partial charge in [0.2, 0.25) is 5.91 Å². The van der Waals surface area contributed by atoms with E-state index in [1.54, 1.807) is 19.1 Å². The number of amides is 1. The van der Waals surface area contributed by atoms with Crippen molar-refractivity contribution in [2.24, 2.45) is 0 Å². The highest BCUT2D eigenvalue weighted by molar-refractivity contribution is 5.81. The van der Waals surface area contributed by atoms with E-state index in [4.69, 9.17) is 4.74 Å². The van der Waals surface area contributed by atoms with E-state index < -0.39 is 6.61 Å². The lowest BCUT2D eigenvalue weighted by atomic mass is 10.0. The molecule has 1 aromatic carbocycles. The molecule has 1 atom stereocenters. The van der Waals surface area contributed by atoms with Crippen molar-refractivity contribution in [3.05, 3.63) is 23.8 Å². The first kappa shape index (κ1) is 17.5. The van der Waals surface area contributed by atoms with Crippen LogP contribution in [-0.2, 0) is 11.3 Å². The number of alkyl halides is 2. The highest BCUT2D eigenvalue weighted by Crippen LogP contribution is 2.29. The fraction of sp³-hybridized carbons (Fsp3) is 0.562. The molecule has 2 N–H and O–H groups in total. The van der Waals surface area contributed by atoms with E-state index >= 15 is 0 Å². The standard InChI is InChI=1S/C16H22F2N2O3/c1-2-22-14-9-11(6-7-13(14)23-16(17)18)10-20-15(21)12-5-3-4-8-19-12/h6-7,9,12,16,19H,2-5,8,10H2,1H3,(H,20,21). The first-order valence-electron chi connectivity index (χ1n) is 7.81. The maximum absolute atomic E-state index is 12.4. The van der Waals surface area contributed by atoms with Gasteiger partial charge in [-0.3, -0.25) is 4.79 Å².